The first-order valence-corrected chi connectivity index (χ1v) is 11.4. The molecule has 33 heavy (non-hydrogen) atoms. The average molecular weight is 456 g/mol. The van der Waals surface area contributed by atoms with Gasteiger partial charge in [0.15, 0.2) is 0 Å². The van der Waals surface area contributed by atoms with Crippen molar-refractivity contribution in [2.45, 2.75) is 56.6 Å². The monoisotopic (exact) mass is 455 g/mol. The molecule has 1 N–H and O–H groups in total. The quantitative estimate of drug-likeness (QED) is 0.661. The minimum absolute atomic E-state index is 0.0564. The molecule has 7 nitrogen and oxygen atoms in total. The van der Waals surface area contributed by atoms with Gasteiger partial charge in [-0.05, 0) is 55.2 Å². The van der Waals surface area contributed by atoms with E-state index >= 15 is 0 Å². The number of ether oxygens (including phenoxy) is 2. The summed E-state index contributed by atoms with van der Waals surface area (Å²) in [7, 11) is 1.54. The fourth-order valence-corrected chi connectivity index (χ4v) is 4.70. The molecule has 0 aliphatic carbocycles. The Morgan fingerprint density at radius 1 is 1.27 bits per heavy atom. The lowest BCUT2D eigenvalue weighted by atomic mass is 9.84. The maximum absolute atomic E-state index is 14.4. The molecule has 2 saturated heterocycles. The van der Waals surface area contributed by atoms with Gasteiger partial charge in [0, 0.05) is 50.5 Å². The molecule has 1 aromatic heterocycles. The third-order valence-electron chi connectivity index (χ3n) is 6.57. The van der Waals surface area contributed by atoms with E-state index in [4.69, 9.17) is 9.47 Å². The summed E-state index contributed by atoms with van der Waals surface area (Å²) in [6.07, 6.45) is 7.06. The summed E-state index contributed by atoms with van der Waals surface area (Å²) in [5.74, 6) is 0.975. The summed E-state index contributed by atoms with van der Waals surface area (Å²) in [5.41, 5.74) is -0.140. The van der Waals surface area contributed by atoms with Crippen molar-refractivity contribution in [1.82, 2.24) is 15.2 Å². The standard InChI is InChI=1S/C25H30FN3O4/c1-32-20-4-5-22(26)18(15-20)16-25(10-6-23(30)28-25)11-7-24(31)29-13-8-19(9-14-29)33-21-3-2-12-27-17-21/h2-5,12,15,17,19H,6-11,13-14,16H2,1H3,(H,28,30)/t25-/m0/s1. The molecule has 0 unspecified atom stereocenters. The molecular formula is C25H30FN3O4. The van der Waals surface area contributed by atoms with Gasteiger partial charge in [-0.15, -0.1) is 0 Å². The lowest BCUT2D eigenvalue weighted by molar-refractivity contribution is -0.133. The highest BCUT2D eigenvalue weighted by Crippen LogP contribution is 2.32. The van der Waals surface area contributed by atoms with Crippen molar-refractivity contribution in [2.24, 2.45) is 0 Å². The molecule has 0 radical (unpaired) electrons. The fourth-order valence-electron chi connectivity index (χ4n) is 4.70. The Morgan fingerprint density at radius 3 is 2.76 bits per heavy atom. The lowest BCUT2D eigenvalue weighted by Gasteiger charge is -2.34. The number of pyridine rings is 1. The number of benzene rings is 1. The SMILES string of the molecule is COc1ccc(F)c(C[C@@]2(CCC(=O)N3CCC(Oc4cccnc4)CC3)CCC(=O)N2)c1. The van der Waals surface area contributed by atoms with Crippen LogP contribution in [-0.4, -0.2) is 53.5 Å². The van der Waals surface area contributed by atoms with Gasteiger partial charge in [-0.1, -0.05) is 0 Å². The van der Waals surface area contributed by atoms with Crippen molar-refractivity contribution >= 4 is 11.8 Å². The van der Waals surface area contributed by atoms with Crippen molar-refractivity contribution in [1.29, 1.82) is 0 Å². The Kier molecular flexibility index (Phi) is 7.11. The minimum Gasteiger partial charge on any atom is -0.497 e. The van der Waals surface area contributed by atoms with Crippen LogP contribution in [-0.2, 0) is 16.0 Å². The van der Waals surface area contributed by atoms with Gasteiger partial charge in [-0.25, -0.2) is 4.39 Å². The molecule has 2 aliphatic heterocycles. The lowest BCUT2D eigenvalue weighted by Crippen LogP contribution is -2.46. The molecule has 1 aromatic carbocycles. The third kappa shape index (κ3) is 5.80. The van der Waals surface area contributed by atoms with Gasteiger partial charge >= 0.3 is 0 Å². The van der Waals surface area contributed by atoms with Gasteiger partial charge in [0.05, 0.1) is 13.3 Å². The molecule has 2 amide bonds. The summed E-state index contributed by atoms with van der Waals surface area (Å²) in [6.45, 7) is 1.27. The number of likely N-dealkylation sites (tertiary alicyclic amines) is 1. The zero-order valence-electron chi connectivity index (χ0n) is 18.9. The van der Waals surface area contributed by atoms with E-state index in [1.54, 1.807) is 24.5 Å². The summed E-state index contributed by atoms with van der Waals surface area (Å²) in [5, 5.41) is 3.03. The molecule has 3 heterocycles. The van der Waals surface area contributed by atoms with Gasteiger partial charge in [0.2, 0.25) is 11.8 Å². The number of nitrogens with zero attached hydrogens (tertiary/aromatic N) is 2. The number of carbonyl (C=O) groups is 2. The maximum atomic E-state index is 14.4. The molecule has 2 fully saturated rings. The topological polar surface area (TPSA) is 80.8 Å². The predicted molar refractivity (Wildman–Crippen MR) is 120 cm³/mol. The Bertz CT molecular complexity index is 979. The van der Waals surface area contributed by atoms with Gasteiger partial charge in [0.25, 0.3) is 0 Å². The second kappa shape index (κ2) is 10.2. The van der Waals surface area contributed by atoms with Crippen LogP contribution in [0.3, 0.4) is 0 Å². The Hall–Kier alpha value is -3.16. The molecule has 0 saturated carbocycles. The number of aromatic nitrogens is 1. The van der Waals surface area contributed by atoms with Gasteiger partial charge < -0.3 is 19.7 Å². The first kappa shape index (κ1) is 23.0. The zero-order valence-corrected chi connectivity index (χ0v) is 18.9. The van der Waals surface area contributed by atoms with Crippen molar-refractivity contribution in [3.8, 4) is 11.5 Å². The Balaban J connectivity index is 1.33. The zero-order chi connectivity index (χ0) is 23.3. The molecule has 176 valence electrons. The van der Waals surface area contributed by atoms with E-state index in [1.807, 2.05) is 17.0 Å². The highest BCUT2D eigenvalue weighted by atomic mass is 19.1. The van der Waals surface area contributed by atoms with Gasteiger partial charge in [-0.3, -0.25) is 14.6 Å². The van der Waals surface area contributed by atoms with E-state index in [0.717, 1.165) is 18.6 Å². The van der Waals surface area contributed by atoms with Crippen molar-refractivity contribution in [3.05, 3.63) is 54.1 Å². The van der Waals surface area contributed by atoms with Crippen LogP contribution in [0.25, 0.3) is 0 Å². The normalized spacial score (nSPS) is 21.0. The van der Waals surface area contributed by atoms with Crippen LogP contribution in [0.1, 0.15) is 44.1 Å². The van der Waals surface area contributed by atoms with E-state index in [-0.39, 0.29) is 23.7 Å². The van der Waals surface area contributed by atoms with E-state index in [1.165, 1.54) is 13.2 Å². The highest BCUT2D eigenvalue weighted by Gasteiger charge is 2.39. The number of carbonyl (C=O) groups excluding carboxylic acids is 2. The number of nitrogens with one attached hydrogen (secondary N) is 1. The van der Waals surface area contributed by atoms with Crippen LogP contribution >= 0.6 is 0 Å². The van der Waals surface area contributed by atoms with E-state index in [9.17, 15) is 14.0 Å². The summed E-state index contributed by atoms with van der Waals surface area (Å²) in [4.78, 5) is 30.9. The van der Waals surface area contributed by atoms with Crippen LogP contribution < -0.4 is 14.8 Å². The minimum atomic E-state index is -0.623. The Morgan fingerprint density at radius 2 is 2.09 bits per heavy atom. The number of rotatable bonds is 8. The number of hydrogen-bond donors (Lipinski definition) is 1. The predicted octanol–water partition coefficient (Wildman–Crippen LogP) is 3.27. The van der Waals surface area contributed by atoms with Crippen LogP contribution in [0.15, 0.2) is 42.7 Å². The Labute approximate surface area is 193 Å². The second-order valence-corrected chi connectivity index (χ2v) is 8.85. The number of methoxy groups -OCH3 is 1. The first-order valence-electron chi connectivity index (χ1n) is 11.4. The van der Waals surface area contributed by atoms with E-state index in [0.29, 0.717) is 56.5 Å². The number of piperidine rings is 1. The van der Waals surface area contributed by atoms with Crippen LogP contribution in [0.2, 0.25) is 0 Å². The van der Waals surface area contributed by atoms with Crippen LogP contribution in [0.4, 0.5) is 4.39 Å². The molecule has 0 bridgehead atoms. The van der Waals surface area contributed by atoms with Gasteiger partial charge in [-0.2, -0.15) is 0 Å². The molecule has 0 spiro atoms. The van der Waals surface area contributed by atoms with Crippen LogP contribution in [0.5, 0.6) is 11.5 Å². The number of halogens is 1. The largest absolute Gasteiger partial charge is 0.497 e. The van der Waals surface area contributed by atoms with E-state index < -0.39 is 5.54 Å². The summed E-state index contributed by atoms with van der Waals surface area (Å²) in [6, 6.07) is 8.33. The molecule has 8 heteroatoms. The fraction of sp³-hybridized carbons (Fsp3) is 0.480. The molecule has 4 rings (SSSR count). The molecular weight excluding hydrogens is 425 g/mol. The third-order valence-corrected chi connectivity index (χ3v) is 6.57. The number of hydrogen-bond acceptors (Lipinski definition) is 5. The van der Waals surface area contributed by atoms with Crippen molar-refractivity contribution in [2.75, 3.05) is 20.2 Å². The molecule has 1 atom stereocenters. The smallest absolute Gasteiger partial charge is 0.222 e. The average Bonchev–Trinajstić information content (AvgIpc) is 3.20. The summed E-state index contributed by atoms with van der Waals surface area (Å²) < 4.78 is 25.6. The highest BCUT2D eigenvalue weighted by molar-refractivity contribution is 5.80. The van der Waals surface area contributed by atoms with Crippen molar-refractivity contribution < 1.29 is 23.5 Å². The van der Waals surface area contributed by atoms with Crippen molar-refractivity contribution in [3.63, 3.8) is 0 Å². The maximum Gasteiger partial charge on any atom is 0.222 e. The molecule has 2 aromatic rings. The van der Waals surface area contributed by atoms with Crippen LogP contribution in [0, 0.1) is 5.82 Å². The second-order valence-electron chi connectivity index (χ2n) is 8.85. The summed E-state index contributed by atoms with van der Waals surface area (Å²) >= 11 is 0. The van der Waals surface area contributed by atoms with E-state index in [2.05, 4.69) is 10.3 Å². The van der Waals surface area contributed by atoms with Gasteiger partial charge in [0.1, 0.15) is 23.4 Å². The molecule has 2 aliphatic rings. The first-order chi connectivity index (χ1) is 16.0. The number of amides is 2.